The number of fused-ring (bicyclic) bond motifs is 2. The molecule has 1 unspecified atom stereocenters. The van der Waals surface area contributed by atoms with Crippen molar-refractivity contribution in [3.8, 4) is 0 Å². The van der Waals surface area contributed by atoms with Crippen LogP contribution < -0.4 is 45.4 Å². The molecule has 0 fully saturated rings. The maximum absolute atomic E-state index is 15.1. The average molecular weight is 1050 g/mol. The molecule has 386 valence electrons. The van der Waals surface area contributed by atoms with Crippen molar-refractivity contribution in [2.75, 3.05) is 80.9 Å². The zero-order valence-electron chi connectivity index (χ0n) is 40.3. The minimum atomic E-state index is -4.63. The van der Waals surface area contributed by atoms with E-state index in [1.54, 1.807) is 91.9 Å². The van der Waals surface area contributed by atoms with Gasteiger partial charge in [0.25, 0.3) is 26.0 Å². The maximum atomic E-state index is 15.1. The molecule has 0 aromatic heterocycles. The molecule has 6 aromatic rings. The van der Waals surface area contributed by atoms with Gasteiger partial charge in [0.2, 0.25) is 17.7 Å². The Hall–Kier alpha value is -7.88. The zero-order valence-corrected chi connectivity index (χ0v) is 41.9. The Morgan fingerprint density at radius 2 is 1.11 bits per heavy atom. The topological polar surface area (TPSA) is 218 Å². The highest BCUT2D eigenvalue weighted by Crippen LogP contribution is 2.45. The van der Waals surface area contributed by atoms with Crippen LogP contribution in [0.2, 0.25) is 0 Å². The number of sulfonamides is 2. The van der Waals surface area contributed by atoms with Crippen molar-refractivity contribution in [2.24, 2.45) is 0 Å². The number of anilines is 8. The molecular weight excluding hydrogens is 993 g/mol. The SMILES string of the molecule is Cc1ccc(S(=O)(=O)N2c3ccccc3N(c3ccc(S(=O)(=O)N4c5ccccc5NC(=O)[C@H]4CC(=O)NCCc4ccc(NCCF)cc4)cc3)C(=O)C2CC(=O)Nc2ccc(NCCNCCF)cc2)cc1. The molecule has 6 N–H and O–H groups in total. The van der Waals surface area contributed by atoms with Crippen LogP contribution in [0, 0.1) is 6.92 Å². The Balaban J connectivity index is 1.06. The molecule has 17 nitrogen and oxygen atoms in total. The smallest absolute Gasteiger partial charge is 0.265 e. The van der Waals surface area contributed by atoms with Crippen LogP contribution in [0.1, 0.15) is 24.0 Å². The van der Waals surface area contributed by atoms with E-state index in [1.165, 1.54) is 53.4 Å². The van der Waals surface area contributed by atoms with Crippen LogP contribution in [0.3, 0.4) is 0 Å². The monoisotopic (exact) mass is 1050 g/mol. The van der Waals surface area contributed by atoms with Gasteiger partial charge in [-0.3, -0.25) is 32.7 Å². The number of amides is 4. The van der Waals surface area contributed by atoms with Crippen LogP contribution in [-0.4, -0.2) is 98.6 Å². The Kier molecular flexibility index (Phi) is 16.5. The second kappa shape index (κ2) is 23.3. The number of benzene rings is 6. The first-order valence-electron chi connectivity index (χ1n) is 23.8. The zero-order chi connectivity index (χ0) is 52.4. The predicted molar refractivity (Wildman–Crippen MR) is 282 cm³/mol. The summed E-state index contributed by atoms with van der Waals surface area (Å²) in [6, 6.07) is 34.8. The summed E-state index contributed by atoms with van der Waals surface area (Å²) in [5, 5.41) is 17.4. The summed E-state index contributed by atoms with van der Waals surface area (Å²) >= 11 is 0. The number of carbonyl (C=O) groups excluding carboxylic acids is 4. The molecule has 0 aliphatic carbocycles. The second-order valence-electron chi connectivity index (χ2n) is 17.4. The number of para-hydroxylation sites is 4. The molecule has 4 amide bonds. The molecule has 0 saturated heterocycles. The first-order chi connectivity index (χ1) is 35.7. The molecule has 2 aliphatic rings. The summed E-state index contributed by atoms with van der Waals surface area (Å²) in [5.41, 5.74) is 4.23. The molecule has 8 rings (SSSR count). The number of alkyl halides is 2. The number of nitrogens with zero attached hydrogens (tertiary/aromatic N) is 3. The highest BCUT2D eigenvalue weighted by Gasteiger charge is 2.47. The van der Waals surface area contributed by atoms with Gasteiger partial charge in [-0.1, -0.05) is 54.1 Å². The van der Waals surface area contributed by atoms with E-state index in [2.05, 4.69) is 31.9 Å². The van der Waals surface area contributed by atoms with E-state index in [0.717, 1.165) is 31.1 Å². The fourth-order valence-electron chi connectivity index (χ4n) is 8.67. The quantitative estimate of drug-likeness (QED) is 0.0385. The number of halogens is 2. The van der Waals surface area contributed by atoms with E-state index in [-0.39, 0.29) is 57.9 Å². The van der Waals surface area contributed by atoms with Crippen LogP contribution in [0.25, 0.3) is 0 Å². The van der Waals surface area contributed by atoms with Gasteiger partial charge >= 0.3 is 0 Å². The van der Waals surface area contributed by atoms with Gasteiger partial charge in [0.15, 0.2) is 0 Å². The number of aryl methyl sites for hydroxylation is 1. The number of rotatable bonds is 22. The van der Waals surface area contributed by atoms with Crippen LogP contribution in [-0.2, 0) is 45.6 Å². The number of hydrogen-bond donors (Lipinski definition) is 6. The van der Waals surface area contributed by atoms with Crippen molar-refractivity contribution in [3.05, 3.63) is 157 Å². The lowest BCUT2D eigenvalue weighted by molar-refractivity contribution is -0.125. The molecule has 2 heterocycles. The molecular formula is C53H55F2N9O8S2. The Bertz CT molecular complexity index is 3210. The Morgan fingerprint density at radius 3 is 1.76 bits per heavy atom. The molecule has 0 saturated carbocycles. The maximum Gasteiger partial charge on any atom is 0.265 e. The third-order valence-electron chi connectivity index (χ3n) is 12.3. The summed E-state index contributed by atoms with van der Waals surface area (Å²) in [4.78, 5) is 57.0. The summed E-state index contributed by atoms with van der Waals surface area (Å²) in [5.74, 6) is -2.78. The number of nitrogens with one attached hydrogen (secondary N) is 6. The third-order valence-corrected chi connectivity index (χ3v) is 16.0. The van der Waals surface area contributed by atoms with Crippen molar-refractivity contribution >= 4 is 89.2 Å². The predicted octanol–water partition coefficient (Wildman–Crippen LogP) is 6.88. The summed E-state index contributed by atoms with van der Waals surface area (Å²) in [6.45, 7) is 2.46. The fourth-order valence-corrected chi connectivity index (χ4v) is 11.9. The third kappa shape index (κ3) is 11.8. The van der Waals surface area contributed by atoms with Gasteiger partial charge in [-0.05, 0) is 116 Å². The summed E-state index contributed by atoms with van der Waals surface area (Å²) < 4.78 is 86.0. The molecule has 21 heteroatoms. The minimum Gasteiger partial charge on any atom is -0.384 e. The number of carbonyl (C=O) groups is 4. The van der Waals surface area contributed by atoms with E-state index in [9.17, 15) is 40.0 Å². The highest BCUT2D eigenvalue weighted by molar-refractivity contribution is 7.93. The van der Waals surface area contributed by atoms with E-state index < -0.39 is 81.9 Å². The van der Waals surface area contributed by atoms with Crippen LogP contribution in [0.5, 0.6) is 0 Å². The van der Waals surface area contributed by atoms with Gasteiger partial charge in [-0.25, -0.2) is 25.6 Å². The molecule has 0 spiro atoms. The molecule has 2 atom stereocenters. The second-order valence-corrected chi connectivity index (χ2v) is 21.1. The average Bonchev–Trinajstić information content (AvgIpc) is 3.39. The van der Waals surface area contributed by atoms with Gasteiger partial charge in [0, 0.05) is 55.5 Å². The van der Waals surface area contributed by atoms with Crippen molar-refractivity contribution < 1.29 is 44.8 Å². The van der Waals surface area contributed by atoms with Gasteiger partial charge in [-0.15, -0.1) is 0 Å². The van der Waals surface area contributed by atoms with Crippen molar-refractivity contribution in [1.29, 1.82) is 0 Å². The lowest BCUT2D eigenvalue weighted by Gasteiger charge is -2.42. The van der Waals surface area contributed by atoms with Crippen LogP contribution in [0.15, 0.2) is 155 Å². The first-order valence-corrected chi connectivity index (χ1v) is 26.7. The molecule has 0 radical (unpaired) electrons. The van der Waals surface area contributed by atoms with Gasteiger partial charge < -0.3 is 31.9 Å². The van der Waals surface area contributed by atoms with Gasteiger partial charge in [-0.2, -0.15) is 0 Å². The Labute approximate surface area is 428 Å². The lowest BCUT2D eigenvalue weighted by Crippen LogP contribution is -2.55. The normalized spacial score (nSPS) is 15.4. The van der Waals surface area contributed by atoms with Crippen LogP contribution in [0.4, 0.5) is 54.3 Å². The van der Waals surface area contributed by atoms with E-state index in [4.69, 9.17) is 0 Å². The van der Waals surface area contributed by atoms with Crippen molar-refractivity contribution in [3.63, 3.8) is 0 Å². The summed E-state index contributed by atoms with van der Waals surface area (Å²) in [6.07, 6.45) is -0.719. The number of hydrogen-bond acceptors (Lipinski definition) is 11. The van der Waals surface area contributed by atoms with Crippen molar-refractivity contribution in [2.45, 2.75) is 48.1 Å². The van der Waals surface area contributed by atoms with E-state index >= 15 is 4.79 Å². The molecule has 0 bridgehead atoms. The van der Waals surface area contributed by atoms with Gasteiger partial charge in [0.05, 0.1) is 45.4 Å². The minimum absolute atomic E-state index is 0.0797. The Morgan fingerprint density at radius 1 is 0.568 bits per heavy atom. The molecule has 2 aliphatic heterocycles. The van der Waals surface area contributed by atoms with E-state index in [0.29, 0.717) is 25.2 Å². The molecule has 6 aromatic carbocycles. The molecule has 74 heavy (non-hydrogen) atoms. The highest BCUT2D eigenvalue weighted by atomic mass is 32.2. The van der Waals surface area contributed by atoms with Crippen molar-refractivity contribution in [1.82, 2.24) is 10.6 Å². The van der Waals surface area contributed by atoms with E-state index in [1.807, 2.05) is 12.1 Å². The summed E-state index contributed by atoms with van der Waals surface area (Å²) in [7, 11) is -9.14. The largest absolute Gasteiger partial charge is 0.384 e. The standard InChI is InChI=1S/C53H55F2N9O8S2/c1-36-10-22-42(23-11-36)74(71,72)64-47-9-5-4-8-46(47)62(53(68)49(64)35-51(66)60-40-18-16-39(17-19-40)58-33-32-56-30-27-54)41-20-24-43(25-21-41)73(69,70)63-45-7-3-2-6-44(45)61-52(67)48(63)34-50(65)59-29-26-37-12-14-38(15-13-37)57-31-28-55/h2-25,48-49,56-58H,26-35H2,1H3,(H,59,65)(H,60,66)(H,61,67)/t48-,49?/m1/s1. The first kappa shape index (κ1) is 52.4. The van der Waals surface area contributed by atoms with Gasteiger partial charge in [0.1, 0.15) is 25.4 Å². The lowest BCUT2D eigenvalue weighted by atomic mass is 10.0. The van der Waals surface area contributed by atoms with Crippen LogP contribution >= 0.6 is 0 Å². The fraction of sp³-hybridized carbons (Fsp3) is 0.245.